The first-order chi connectivity index (χ1) is 3.83. The van der Waals surface area contributed by atoms with Crippen molar-refractivity contribution in [2.75, 3.05) is 0 Å². The van der Waals surface area contributed by atoms with Crippen LogP contribution in [0.1, 0.15) is 11.4 Å². The van der Waals surface area contributed by atoms with Gasteiger partial charge in [-0.3, -0.25) is 5.10 Å². The van der Waals surface area contributed by atoms with Crippen molar-refractivity contribution in [1.82, 2.24) is 10.2 Å². The summed E-state index contributed by atoms with van der Waals surface area (Å²) in [5.41, 5.74) is 1.38. The predicted molar refractivity (Wildman–Crippen MR) is 28.1 cm³/mol. The second kappa shape index (κ2) is 1.94. The molecule has 0 saturated heterocycles. The first-order valence-corrected chi connectivity index (χ1v) is 2.40. The summed E-state index contributed by atoms with van der Waals surface area (Å²) in [6, 6.07) is 1.68. The van der Waals surface area contributed by atoms with Gasteiger partial charge in [-0.2, -0.15) is 5.10 Å². The largest absolute Gasteiger partial charge is 0.282 e. The van der Waals surface area contributed by atoms with Crippen molar-refractivity contribution in [2.24, 2.45) is 0 Å². The van der Waals surface area contributed by atoms with Gasteiger partial charge in [0.2, 0.25) is 0 Å². The molecular weight excluding hydrogens is 107 g/mol. The normalized spacial score (nSPS) is 9.75. The Kier molecular flexibility index (Phi) is 1.28. The van der Waals surface area contributed by atoms with Crippen molar-refractivity contribution >= 4 is 0 Å². The first kappa shape index (κ1) is 5.28. The number of H-pyrrole nitrogens is 1. The Hall–Kier alpha value is -0.860. The van der Waals surface area contributed by atoms with Crippen molar-refractivity contribution < 1.29 is 4.39 Å². The average molecular weight is 114 g/mol. The van der Waals surface area contributed by atoms with E-state index >= 15 is 0 Å². The molecule has 0 spiro atoms. The van der Waals surface area contributed by atoms with Gasteiger partial charge in [0.1, 0.15) is 6.67 Å². The third-order valence-electron chi connectivity index (χ3n) is 0.896. The molecule has 0 aliphatic rings. The summed E-state index contributed by atoms with van der Waals surface area (Å²) in [7, 11) is 0. The van der Waals surface area contributed by atoms with Crippen LogP contribution in [0.2, 0.25) is 0 Å². The Labute approximate surface area is 46.7 Å². The summed E-state index contributed by atoms with van der Waals surface area (Å²) in [5, 5.41) is 6.26. The van der Waals surface area contributed by atoms with Crippen molar-refractivity contribution in [1.29, 1.82) is 0 Å². The molecule has 1 heterocycles. The highest BCUT2D eigenvalue weighted by atomic mass is 19.1. The highest BCUT2D eigenvalue weighted by molar-refractivity contribution is 5.04. The number of rotatable bonds is 1. The number of aromatic nitrogens is 2. The lowest BCUT2D eigenvalue weighted by Gasteiger charge is -1.74. The Bertz CT molecular complexity index is 171. The van der Waals surface area contributed by atoms with Gasteiger partial charge in [-0.05, 0) is 13.0 Å². The van der Waals surface area contributed by atoms with Gasteiger partial charge >= 0.3 is 0 Å². The van der Waals surface area contributed by atoms with E-state index < -0.39 is 6.67 Å². The predicted octanol–water partition coefficient (Wildman–Crippen LogP) is 1.19. The molecule has 0 fully saturated rings. The van der Waals surface area contributed by atoms with Gasteiger partial charge < -0.3 is 0 Å². The number of nitrogens with zero attached hydrogens (tertiary/aromatic N) is 1. The van der Waals surface area contributed by atoms with Crippen LogP contribution >= 0.6 is 0 Å². The molecule has 1 rings (SSSR count). The number of nitrogens with one attached hydrogen (secondary N) is 1. The summed E-state index contributed by atoms with van der Waals surface area (Å²) in [4.78, 5) is 0. The maximum Gasteiger partial charge on any atom is 0.133 e. The molecule has 8 heavy (non-hydrogen) atoms. The van der Waals surface area contributed by atoms with Gasteiger partial charge in [-0.15, -0.1) is 0 Å². The van der Waals surface area contributed by atoms with Crippen molar-refractivity contribution in [3.63, 3.8) is 0 Å². The molecule has 0 amide bonds. The minimum atomic E-state index is -0.482. The van der Waals surface area contributed by atoms with Crippen LogP contribution in [0.25, 0.3) is 0 Å². The van der Waals surface area contributed by atoms with Crippen LogP contribution in [-0.4, -0.2) is 10.2 Å². The molecule has 2 nitrogen and oxygen atoms in total. The second-order valence-corrected chi connectivity index (χ2v) is 1.68. The fraction of sp³-hybridized carbons (Fsp3) is 0.400. The SMILES string of the molecule is Cc1cc(CF)n[nH]1. The molecule has 3 heteroatoms. The van der Waals surface area contributed by atoms with Gasteiger partial charge in [0.05, 0.1) is 5.69 Å². The third-order valence-corrected chi connectivity index (χ3v) is 0.896. The van der Waals surface area contributed by atoms with E-state index in [0.29, 0.717) is 5.69 Å². The van der Waals surface area contributed by atoms with Gasteiger partial charge in [0, 0.05) is 5.69 Å². The minimum Gasteiger partial charge on any atom is -0.282 e. The van der Waals surface area contributed by atoms with Crippen LogP contribution in [0.5, 0.6) is 0 Å². The average Bonchev–Trinajstić information content (AvgIpc) is 2.14. The fourth-order valence-corrected chi connectivity index (χ4v) is 0.543. The molecule has 0 aromatic carbocycles. The van der Waals surface area contributed by atoms with Crippen LogP contribution < -0.4 is 0 Å². The summed E-state index contributed by atoms with van der Waals surface area (Å²) in [6.45, 7) is 1.36. The second-order valence-electron chi connectivity index (χ2n) is 1.68. The molecule has 0 bridgehead atoms. The van der Waals surface area contributed by atoms with Crippen LogP contribution in [0.3, 0.4) is 0 Å². The van der Waals surface area contributed by atoms with Gasteiger partial charge in [0.25, 0.3) is 0 Å². The molecule has 44 valence electrons. The topological polar surface area (TPSA) is 28.7 Å². The van der Waals surface area contributed by atoms with Crippen LogP contribution in [0.15, 0.2) is 6.07 Å². The standard InChI is InChI=1S/C5H7FN2/c1-4-2-5(3-6)8-7-4/h2H,3H2,1H3,(H,7,8). The first-order valence-electron chi connectivity index (χ1n) is 2.40. The Morgan fingerprint density at radius 3 is 2.88 bits per heavy atom. The number of alkyl halides is 1. The Morgan fingerprint density at radius 1 is 1.88 bits per heavy atom. The molecule has 0 aliphatic heterocycles. The summed E-state index contributed by atoms with van der Waals surface area (Å²) < 4.78 is 11.7. The van der Waals surface area contributed by atoms with E-state index in [1.54, 1.807) is 6.07 Å². The van der Waals surface area contributed by atoms with Gasteiger partial charge in [-0.25, -0.2) is 4.39 Å². The third kappa shape index (κ3) is 0.857. The molecule has 1 N–H and O–H groups in total. The van der Waals surface area contributed by atoms with E-state index in [0.717, 1.165) is 5.69 Å². The van der Waals surface area contributed by atoms with Gasteiger partial charge in [0.15, 0.2) is 0 Å². The molecule has 1 aromatic rings. The number of hydrogen-bond donors (Lipinski definition) is 1. The van der Waals surface area contributed by atoms with E-state index in [4.69, 9.17) is 0 Å². The summed E-state index contributed by atoms with van der Waals surface area (Å²) in [6.07, 6.45) is 0. The highest BCUT2D eigenvalue weighted by Crippen LogP contribution is 1.97. The zero-order valence-electron chi connectivity index (χ0n) is 4.61. The summed E-state index contributed by atoms with van der Waals surface area (Å²) in [5.74, 6) is 0. The summed E-state index contributed by atoms with van der Waals surface area (Å²) >= 11 is 0. The zero-order chi connectivity index (χ0) is 5.98. The van der Waals surface area contributed by atoms with Crippen LogP contribution in [-0.2, 0) is 6.67 Å². The van der Waals surface area contributed by atoms with Crippen LogP contribution in [0, 0.1) is 6.92 Å². The number of hydrogen-bond acceptors (Lipinski definition) is 1. The van der Waals surface area contributed by atoms with E-state index in [-0.39, 0.29) is 0 Å². The lowest BCUT2D eigenvalue weighted by atomic mass is 10.4. The monoisotopic (exact) mass is 114 g/mol. The molecule has 0 unspecified atom stereocenters. The molecule has 0 atom stereocenters. The van der Waals surface area contributed by atoms with E-state index in [2.05, 4.69) is 10.2 Å². The fourth-order valence-electron chi connectivity index (χ4n) is 0.543. The van der Waals surface area contributed by atoms with Crippen molar-refractivity contribution in [3.05, 3.63) is 17.5 Å². The van der Waals surface area contributed by atoms with E-state index in [1.165, 1.54) is 0 Å². The molecule has 0 saturated carbocycles. The van der Waals surface area contributed by atoms with Crippen LogP contribution in [0.4, 0.5) is 4.39 Å². The zero-order valence-corrected chi connectivity index (χ0v) is 4.61. The van der Waals surface area contributed by atoms with Crippen molar-refractivity contribution in [2.45, 2.75) is 13.6 Å². The lowest BCUT2D eigenvalue weighted by Crippen LogP contribution is -1.74. The lowest BCUT2D eigenvalue weighted by molar-refractivity contribution is 0.475. The Balaban J connectivity index is 2.84. The minimum absolute atomic E-state index is 0.475. The molecule has 0 aliphatic carbocycles. The van der Waals surface area contributed by atoms with E-state index in [1.807, 2.05) is 6.92 Å². The van der Waals surface area contributed by atoms with E-state index in [9.17, 15) is 4.39 Å². The Morgan fingerprint density at radius 2 is 2.62 bits per heavy atom. The smallest absolute Gasteiger partial charge is 0.133 e. The molecule has 0 radical (unpaired) electrons. The molecule has 1 aromatic heterocycles. The number of aromatic amines is 1. The van der Waals surface area contributed by atoms with Gasteiger partial charge in [-0.1, -0.05) is 0 Å². The maximum atomic E-state index is 11.7. The quantitative estimate of drug-likeness (QED) is 0.583. The highest BCUT2D eigenvalue weighted by Gasteiger charge is 1.92. The van der Waals surface area contributed by atoms with Crippen molar-refractivity contribution in [3.8, 4) is 0 Å². The number of aryl methyl sites for hydroxylation is 1. The molecular formula is C5H7FN2. The number of halogens is 1. The maximum absolute atomic E-state index is 11.7.